The van der Waals surface area contributed by atoms with E-state index in [1.807, 2.05) is 35.7 Å². The molecule has 23 heavy (non-hydrogen) atoms. The van der Waals surface area contributed by atoms with Gasteiger partial charge in [-0.05, 0) is 23.1 Å². The van der Waals surface area contributed by atoms with Crippen LogP contribution in [0.3, 0.4) is 0 Å². The van der Waals surface area contributed by atoms with E-state index in [0.29, 0.717) is 0 Å². The van der Waals surface area contributed by atoms with Gasteiger partial charge in [-0.3, -0.25) is 5.43 Å². The van der Waals surface area contributed by atoms with Crippen LogP contribution in [0.1, 0.15) is 4.88 Å². The minimum atomic E-state index is 0.723. The first-order valence-corrected chi connectivity index (χ1v) is 8.72. The minimum Gasteiger partial charge on any atom is -0.261 e. The number of benzene rings is 1. The lowest BCUT2D eigenvalue weighted by atomic mass is 10.2. The summed E-state index contributed by atoms with van der Waals surface area (Å²) >= 11 is 3.30. The van der Waals surface area contributed by atoms with E-state index in [1.165, 1.54) is 10.4 Å². The first-order valence-electron chi connectivity index (χ1n) is 7.03. The summed E-state index contributed by atoms with van der Waals surface area (Å²) < 4.78 is 0. The van der Waals surface area contributed by atoms with Gasteiger partial charge >= 0.3 is 0 Å². The molecule has 4 rings (SSSR count). The number of nitrogens with one attached hydrogen (secondary N) is 1. The summed E-state index contributed by atoms with van der Waals surface area (Å²) in [6.45, 7) is 0. The van der Waals surface area contributed by atoms with Crippen molar-refractivity contribution in [2.24, 2.45) is 5.10 Å². The fraction of sp³-hybridized carbons (Fsp3) is 0. The molecule has 4 nitrogen and oxygen atoms in total. The predicted molar refractivity (Wildman–Crippen MR) is 98.4 cm³/mol. The quantitative estimate of drug-likeness (QED) is 0.427. The molecule has 3 heterocycles. The highest BCUT2D eigenvalue weighted by Crippen LogP contribution is 2.34. The van der Waals surface area contributed by atoms with Gasteiger partial charge in [0, 0.05) is 9.75 Å². The molecule has 0 amide bonds. The number of hydrogen-bond donors (Lipinski definition) is 1. The summed E-state index contributed by atoms with van der Waals surface area (Å²) in [5.74, 6) is 0.723. The Balaban J connectivity index is 1.66. The van der Waals surface area contributed by atoms with E-state index < -0.39 is 0 Å². The maximum atomic E-state index is 4.36. The minimum absolute atomic E-state index is 0.723. The molecule has 0 radical (unpaired) electrons. The molecule has 0 fully saturated rings. The van der Waals surface area contributed by atoms with Gasteiger partial charge in [-0.25, -0.2) is 9.97 Å². The van der Waals surface area contributed by atoms with Gasteiger partial charge in [-0.1, -0.05) is 36.4 Å². The number of nitrogens with zero attached hydrogens (tertiary/aromatic N) is 3. The lowest BCUT2D eigenvalue weighted by Crippen LogP contribution is -1.93. The molecule has 6 heteroatoms. The number of thiophene rings is 2. The van der Waals surface area contributed by atoms with Gasteiger partial charge < -0.3 is 0 Å². The highest BCUT2D eigenvalue weighted by Gasteiger charge is 2.09. The summed E-state index contributed by atoms with van der Waals surface area (Å²) in [5.41, 5.74) is 4.21. The molecular weight excluding hydrogens is 324 g/mol. The highest BCUT2D eigenvalue weighted by molar-refractivity contribution is 7.21. The van der Waals surface area contributed by atoms with Crippen LogP contribution < -0.4 is 5.43 Å². The van der Waals surface area contributed by atoms with Crippen molar-refractivity contribution in [2.75, 3.05) is 5.43 Å². The molecule has 0 spiro atoms. The second-order valence-electron chi connectivity index (χ2n) is 4.80. The molecule has 0 aliphatic heterocycles. The molecule has 0 atom stereocenters. The van der Waals surface area contributed by atoms with Crippen LogP contribution in [0.15, 0.2) is 65.3 Å². The lowest BCUT2D eigenvalue weighted by molar-refractivity contribution is 1.19. The summed E-state index contributed by atoms with van der Waals surface area (Å²) in [4.78, 5) is 11.9. The molecule has 3 aromatic heterocycles. The van der Waals surface area contributed by atoms with E-state index in [0.717, 1.165) is 20.9 Å². The Morgan fingerprint density at radius 2 is 1.96 bits per heavy atom. The molecule has 0 saturated carbocycles. The molecule has 0 saturated heterocycles. The molecule has 1 N–H and O–H groups in total. The highest BCUT2D eigenvalue weighted by atomic mass is 32.1. The number of aromatic nitrogens is 2. The van der Waals surface area contributed by atoms with E-state index in [1.54, 1.807) is 35.2 Å². The Hall–Kier alpha value is -2.57. The number of hydrazone groups is 1. The third-order valence-corrected chi connectivity index (χ3v) is 5.19. The fourth-order valence-electron chi connectivity index (χ4n) is 2.21. The molecule has 0 aliphatic carbocycles. The average Bonchev–Trinajstić information content (AvgIpc) is 3.25. The van der Waals surface area contributed by atoms with Crippen LogP contribution >= 0.6 is 22.7 Å². The molecule has 0 bridgehead atoms. The van der Waals surface area contributed by atoms with Crippen molar-refractivity contribution in [3.05, 3.63) is 65.1 Å². The number of anilines is 1. The summed E-state index contributed by atoms with van der Waals surface area (Å²) in [6.07, 6.45) is 3.36. The zero-order valence-electron chi connectivity index (χ0n) is 12.0. The van der Waals surface area contributed by atoms with E-state index in [9.17, 15) is 0 Å². The Morgan fingerprint density at radius 3 is 2.78 bits per heavy atom. The fourth-order valence-corrected chi connectivity index (χ4v) is 3.80. The van der Waals surface area contributed by atoms with Crippen molar-refractivity contribution in [2.45, 2.75) is 0 Å². The van der Waals surface area contributed by atoms with E-state index in [2.05, 4.69) is 38.7 Å². The van der Waals surface area contributed by atoms with Crippen LogP contribution in [0.2, 0.25) is 0 Å². The molecule has 0 aliphatic rings. The normalized spacial score (nSPS) is 11.3. The molecule has 1 aromatic carbocycles. The van der Waals surface area contributed by atoms with Crippen LogP contribution in [0.4, 0.5) is 5.82 Å². The van der Waals surface area contributed by atoms with Crippen LogP contribution in [-0.4, -0.2) is 16.2 Å². The van der Waals surface area contributed by atoms with Crippen molar-refractivity contribution in [3.63, 3.8) is 0 Å². The largest absolute Gasteiger partial charge is 0.261 e. The zero-order chi connectivity index (χ0) is 15.5. The van der Waals surface area contributed by atoms with Gasteiger partial charge in [0.25, 0.3) is 0 Å². The van der Waals surface area contributed by atoms with Gasteiger partial charge in [0.15, 0.2) is 5.82 Å². The van der Waals surface area contributed by atoms with Crippen LogP contribution in [0.25, 0.3) is 20.7 Å². The third-order valence-electron chi connectivity index (χ3n) is 3.29. The Bertz CT molecular complexity index is 943. The molecule has 0 unspecified atom stereocenters. The number of fused-ring (bicyclic) bond motifs is 1. The van der Waals surface area contributed by atoms with Gasteiger partial charge in [-0.2, -0.15) is 5.10 Å². The zero-order valence-corrected chi connectivity index (χ0v) is 13.6. The van der Waals surface area contributed by atoms with Gasteiger partial charge in [0.05, 0.1) is 11.6 Å². The van der Waals surface area contributed by atoms with Gasteiger partial charge in [0.1, 0.15) is 11.2 Å². The van der Waals surface area contributed by atoms with Gasteiger partial charge in [0.2, 0.25) is 0 Å². The summed E-state index contributed by atoms with van der Waals surface area (Å²) in [7, 11) is 0. The van der Waals surface area contributed by atoms with Crippen molar-refractivity contribution in [3.8, 4) is 10.4 Å². The Kier molecular flexibility index (Phi) is 3.83. The van der Waals surface area contributed by atoms with Crippen LogP contribution in [0.5, 0.6) is 0 Å². The molecule has 112 valence electrons. The van der Waals surface area contributed by atoms with Gasteiger partial charge in [-0.15, -0.1) is 22.7 Å². The van der Waals surface area contributed by atoms with E-state index in [4.69, 9.17) is 0 Å². The Morgan fingerprint density at radius 1 is 1.04 bits per heavy atom. The topological polar surface area (TPSA) is 50.2 Å². The first kappa shape index (κ1) is 14.0. The lowest BCUT2D eigenvalue weighted by Gasteiger charge is -1.99. The van der Waals surface area contributed by atoms with E-state index >= 15 is 0 Å². The number of rotatable bonds is 4. The Labute approximate surface area is 141 Å². The standard InChI is InChI=1S/C17H12N4S2/c1-2-5-12(6-3-1)15-9-14-16(18-11-19-17(14)23-15)21-20-10-13-7-4-8-22-13/h1-11H,(H,18,19,21)/b20-10+. The SMILES string of the molecule is C(=N\Nc1ncnc2sc(-c3ccccc3)cc12)/c1cccs1. The number of hydrogen-bond acceptors (Lipinski definition) is 6. The maximum Gasteiger partial charge on any atom is 0.158 e. The van der Waals surface area contributed by atoms with Crippen molar-refractivity contribution < 1.29 is 0 Å². The third kappa shape index (κ3) is 2.99. The molecular formula is C17H12N4S2. The van der Waals surface area contributed by atoms with E-state index in [-0.39, 0.29) is 0 Å². The van der Waals surface area contributed by atoms with Crippen molar-refractivity contribution in [1.82, 2.24) is 9.97 Å². The second kappa shape index (κ2) is 6.28. The average molecular weight is 336 g/mol. The molecule has 4 aromatic rings. The second-order valence-corrected chi connectivity index (χ2v) is 6.81. The maximum absolute atomic E-state index is 4.36. The van der Waals surface area contributed by atoms with Crippen molar-refractivity contribution >= 4 is 44.9 Å². The van der Waals surface area contributed by atoms with Crippen molar-refractivity contribution in [1.29, 1.82) is 0 Å². The van der Waals surface area contributed by atoms with Crippen LogP contribution in [0, 0.1) is 0 Å². The first-order chi connectivity index (χ1) is 11.4. The smallest absolute Gasteiger partial charge is 0.158 e. The monoisotopic (exact) mass is 336 g/mol. The summed E-state index contributed by atoms with van der Waals surface area (Å²) in [5, 5.41) is 7.27. The predicted octanol–water partition coefficient (Wildman–Crippen LogP) is 4.87. The van der Waals surface area contributed by atoms with Crippen LogP contribution in [-0.2, 0) is 0 Å². The summed E-state index contributed by atoms with van der Waals surface area (Å²) in [6, 6.07) is 16.4.